The van der Waals surface area contributed by atoms with E-state index < -0.39 is 0 Å². The van der Waals surface area contributed by atoms with Gasteiger partial charge in [0.25, 0.3) is 5.91 Å². The molecule has 3 aromatic carbocycles. The topological polar surface area (TPSA) is 60.7 Å². The van der Waals surface area contributed by atoms with Crippen LogP contribution < -0.4 is 14.8 Å². The molecule has 5 nitrogen and oxygen atoms in total. The highest BCUT2D eigenvalue weighted by atomic mass is 16.5. The van der Waals surface area contributed by atoms with Gasteiger partial charge < -0.3 is 19.2 Å². The molecule has 130 valence electrons. The Morgan fingerprint density at radius 3 is 2.27 bits per heavy atom. The number of ether oxygens (including phenoxy) is 2. The number of amides is 1. The molecule has 0 aliphatic rings. The predicted molar refractivity (Wildman–Crippen MR) is 101 cm³/mol. The number of furan rings is 1. The van der Waals surface area contributed by atoms with E-state index in [0.717, 1.165) is 21.9 Å². The summed E-state index contributed by atoms with van der Waals surface area (Å²) in [5, 5.41) is 4.89. The molecular weight excluding hydrogens is 330 g/mol. The van der Waals surface area contributed by atoms with Crippen molar-refractivity contribution >= 4 is 33.5 Å². The number of nitrogens with one attached hydrogen (secondary N) is 1. The van der Waals surface area contributed by atoms with Crippen LogP contribution in [0.4, 0.5) is 5.69 Å². The standard InChI is InChI=1S/C21H17NO4/c1-24-15-9-13(10-16(12-15)25-2)21(23)22-14-7-8-20-18(11-14)17-5-3-4-6-19(17)26-20/h3-12H,1-2H3,(H,22,23). The summed E-state index contributed by atoms with van der Waals surface area (Å²) in [6, 6.07) is 18.5. The van der Waals surface area contributed by atoms with Gasteiger partial charge in [0.2, 0.25) is 0 Å². The van der Waals surface area contributed by atoms with Crippen LogP contribution in [0.2, 0.25) is 0 Å². The molecule has 5 heteroatoms. The van der Waals surface area contributed by atoms with Crippen LogP contribution in [-0.4, -0.2) is 20.1 Å². The molecule has 1 amide bonds. The van der Waals surface area contributed by atoms with Crippen LogP contribution >= 0.6 is 0 Å². The van der Waals surface area contributed by atoms with Gasteiger partial charge in [-0.1, -0.05) is 18.2 Å². The fourth-order valence-electron chi connectivity index (χ4n) is 2.95. The van der Waals surface area contributed by atoms with E-state index >= 15 is 0 Å². The van der Waals surface area contributed by atoms with E-state index in [4.69, 9.17) is 13.9 Å². The minimum Gasteiger partial charge on any atom is -0.497 e. The van der Waals surface area contributed by atoms with E-state index in [1.807, 2.05) is 42.5 Å². The zero-order valence-electron chi connectivity index (χ0n) is 14.4. The summed E-state index contributed by atoms with van der Waals surface area (Å²) in [6.45, 7) is 0. The third kappa shape index (κ3) is 2.84. The van der Waals surface area contributed by atoms with Crippen molar-refractivity contribution in [2.75, 3.05) is 19.5 Å². The number of para-hydroxylation sites is 1. The number of anilines is 1. The first-order valence-electron chi connectivity index (χ1n) is 8.13. The fourth-order valence-corrected chi connectivity index (χ4v) is 2.95. The van der Waals surface area contributed by atoms with Gasteiger partial charge in [0.15, 0.2) is 0 Å². The quantitative estimate of drug-likeness (QED) is 0.573. The molecule has 4 rings (SSSR count). The average molecular weight is 347 g/mol. The van der Waals surface area contributed by atoms with E-state index in [0.29, 0.717) is 22.7 Å². The molecule has 0 fully saturated rings. The van der Waals surface area contributed by atoms with Gasteiger partial charge in [-0.2, -0.15) is 0 Å². The molecule has 1 aromatic heterocycles. The second-order valence-corrected chi connectivity index (χ2v) is 5.86. The number of hydrogen-bond donors (Lipinski definition) is 1. The molecular formula is C21H17NO4. The molecule has 0 saturated heterocycles. The van der Waals surface area contributed by atoms with Crippen molar-refractivity contribution in [2.24, 2.45) is 0 Å². The molecule has 0 unspecified atom stereocenters. The fraction of sp³-hybridized carbons (Fsp3) is 0.0952. The maximum atomic E-state index is 12.6. The summed E-state index contributed by atoms with van der Waals surface area (Å²) in [5.74, 6) is 0.880. The lowest BCUT2D eigenvalue weighted by Gasteiger charge is -2.09. The Hall–Kier alpha value is -3.47. The van der Waals surface area contributed by atoms with Gasteiger partial charge in [-0.15, -0.1) is 0 Å². The molecule has 4 aromatic rings. The number of fused-ring (bicyclic) bond motifs is 3. The Balaban J connectivity index is 1.68. The van der Waals surface area contributed by atoms with E-state index in [1.165, 1.54) is 0 Å². The summed E-state index contributed by atoms with van der Waals surface area (Å²) in [5.41, 5.74) is 2.75. The van der Waals surface area contributed by atoms with E-state index in [1.54, 1.807) is 32.4 Å². The monoisotopic (exact) mass is 347 g/mol. The van der Waals surface area contributed by atoms with Gasteiger partial charge in [-0.25, -0.2) is 0 Å². The SMILES string of the molecule is COc1cc(OC)cc(C(=O)Nc2ccc3oc4ccccc4c3c2)c1. The van der Waals surface area contributed by atoms with Gasteiger partial charge in [0, 0.05) is 28.1 Å². The van der Waals surface area contributed by atoms with E-state index in [9.17, 15) is 4.79 Å². The zero-order chi connectivity index (χ0) is 18.1. The normalized spacial score (nSPS) is 10.8. The summed E-state index contributed by atoms with van der Waals surface area (Å²) in [7, 11) is 3.10. The molecule has 0 radical (unpaired) electrons. The Labute approximate surface area is 150 Å². The molecule has 0 atom stereocenters. The smallest absolute Gasteiger partial charge is 0.255 e. The molecule has 0 spiro atoms. The number of hydrogen-bond acceptors (Lipinski definition) is 4. The van der Waals surface area contributed by atoms with Crippen LogP contribution in [-0.2, 0) is 0 Å². The highest BCUT2D eigenvalue weighted by Gasteiger charge is 2.12. The lowest BCUT2D eigenvalue weighted by Crippen LogP contribution is -2.12. The number of carbonyl (C=O) groups excluding carboxylic acids is 1. The molecule has 0 aliphatic carbocycles. The van der Waals surface area contributed by atoms with Crippen LogP contribution in [0.1, 0.15) is 10.4 Å². The van der Waals surface area contributed by atoms with Gasteiger partial charge >= 0.3 is 0 Å². The van der Waals surface area contributed by atoms with Gasteiger partial charge in [-0.05, 0) is 36.4 Å². The van der Waals surface area contributed by atoms with Crippen molar-refractivity contribution < 1.29 is 18.7 Å². The number of methoxy groups -OCH3 is 2. The highest BCUT2D eigenvalue weighted by Crippen LogP contribution is 2.31. The third-order valence-electron chi connectivity index (χ3n) is 4.25. The second kappa shape index (κ2) is 6.44. The van der Waals surface area contributed by atoms with Crippen LogP contribution in [0.3, 0.4) is 0 Å². The first-order chi connectivity index (χ1) is 12.7. The second-order valence-electron chi connectivity index (χ2n) is 5.86. The Bertz CT molecular complexity index is 1090. The van der Waals surface area contributed by atoms with Crippen LogP contribution in [0, 0.1) is 0 Å². The van der Waals surface area contributed by atoms with Crippen molar-refractivity contribution in [2.45, 2.75) is 0 Å². The van der Waals surface area contributed by atoms with E-state index in [-0.39, 0.29) is 5.91 Å². The predicted octanol–water partition coefficient (Wildman–Crippen LogP) is 4.86. The third-order valence-corrected chi connectivity index (χ3v) is 4.25. The lowest BCUT2D eigenvalue weighted by atomic mass is 10.1. The average Bonchev–Trinajstić information content (AvgIpc) is 3.05. The largest absolute Gasteiger partial charge is 0.497 e. The molecule has 0 bridgehead atoms. The Morgan fingerprint density at radius 2 is 1.54 bits per heavy atom. The van der Waals surface area contributed by atoms with Crippen molar-refractivity contribution in [3.05, 3.63) is 66.2 Å². The summed E-state index contributed by atoms with van der Waals surface area (Å²) in [4.78, 5) is 12.6. The maximum Gasteiger partial charge on any atom is 0.255 e. The molecule has 1 N–H and O–H groups in total. The number of carbonyl (C=O) groups is 1. The first kappa shape index (κ1) is 16.0. The van der Waals surface area contributed by atoms with Crippen molar-refractivity contribution in [3.8, 4) is 11.5 Å². The first-order valence-corrected chi connectivity index (χ1v) is 8.13. The highest BCUT2D eigenvalue weighted by molar-refractivity contribution is 6.09. The Morgan fingerprint density at radius 1 is 0.846 bits per heavy atom. The van der Waals surface area contributed by atoms with Crippen molar-refractivity contribution in [3.63, 3.8) is 0 Å². The van der Waals surface area contributed by atoms with Crippen LogP contribution in [0.25, 0.3) is 21.9 Å². The van der Waals surface area contributed by atoms with Crippen LogP contribution in [0.15, 0.2) is 65.1 Å². The van der Waals surface area contributed by atoms with Gasteiger partial charge in [0.1, 0.15) is 22.7 Å². The summed E-state index contributed by atoms with van der Waals surface area (Å²) < 4.78 is 16.3. The summed E-state index contributed by atoms with van der Waals surface area (Å²) in [6.07, 6.45) is 0. The Kier molecular flexibility index (Phi) is 3.97. The molecule has 1 heterocycles. The maximum absolute atomic E-state index is 12.6. The minimum atomic E-state index is -0.241. The molecule has 26 heavy (non-hydrogen) atoms. The number of benzene rings is 3. The van der Waals surface area contributed by atoms with E-state index in [2.05, 4.69) is 5.32 Å². The van der Waals surface area contributed by atoms with Gasteiger partial charge in [-0.3, -0.25) is 4.79 Å². The minimum absolute atomic E-state index is 0.241. The van der Waals surface area contributed by atoms with Crippen molar-refractivity contribution in [1.82, 2.24) is 0 Å². The van der Waals surface area contributed by atoms with Gasteiger partial charge in [0.05, 0.1) is 14.2 Å². The summed E-state index contributed by atoms with van der Waals surface area (Å²) >= 11 is 0. The lowest BCUT2D eigenvalue weighted by molar-refractivity contribution is 0.102. The molecule has 0 saturated carbocycles. The zero-order valence-corrected chi connectivity index (χ0v) is 14.4. The van der Waals surface area contributed by atoms with Crippen molar-refractivity contribution in [1.29, 1.82) is 0 Å². The molecule has 0 aliphatic heterocycles. The van der Waals surface area contributed by atoms with Crippen LogP contribution in [0.5, 0.6) is 11.5 Å². The number of rotatable bonds is 4.